The molecular weight excluding hydrogens is 330 g/mol. The summed E-state index contributed by atoms with van der Waals surface area (Å²) < 4.78 is 5.59. The van der Waals surface area contributed by atoms with Gasteiger partial charge in [-0.25, -0.2) is 0 Å². The van der Waals surface area contributed by atoms with Crippen LogP contribution in [0.4, 0.5) is 0 Å². The Hall–Kier alpha value is -1.65. The Labute approximate surface area is 146 Å². The lowest BCUT2D eigenvalue weighted by Crippen LogP contribution is -2.33. The molecule has 5 heteroatoms. The van der Waals surface area contributed by atoms with Crippen molar-refractivity contribution in [2.45, 2.75) is 24.0 Å². The Balaban J connectivity index is 1.69. The van der Waals surface area contributed by atoms with Crippen molar-refractivity contribution < 1.29 is 9.53 Å². The van der Waals surface area contributed by atoms with Gasteiger partial charge < -0.3 is 10.1 Å². The summed E-state index contributed by atoms with van der Waals surface area (Å²) in [5.41, 5.74) is 1.19. The maximum Gasteiger partial charge on any atom is 0.233 e. The number of carbonyl (C=O) groups excluding carboxylic acids is 1. The van der Waals surface area contributed by atoms with Gasteiger partial charge in [0.15, 0.2) is 0 Å². The van der Waals surface area contributed by atoms with Crippen molar-refractivity contribution in [1.29, 1.82) is 0 Å². The predicted molar refractivity (Wildman–Crippen MR) is 96.5 cm³/mol. The van der Waals surface area contributed by atoms with Crippen LogP contribution < -0.4 is 10.1 Å². The molecule has 0 bridgehead atoms. The Morgan fingerprint density at radius 1 is 1.17 bits per heavy atom. The zero-order valence-corrected chi connectivity index (χ0v) is 14.8. The molecule has 0 aliphatic carbocycles. The number of ether oxygens (including phenoxy) is 1. The van der Waals surface area contributed by atoms with Crippen molar-refractivity contribution in [2.24, 2.45) is 0 Å². The molecule has 1 amide bonds. The number of benzene rings is 2. The van der Waals surface area contributed by atoms with Crippen LogP contribution in [0.15, 0.2) is 53.4 Å². The fourth-order valence-corrected chi connectivity index (χ4v) is 2.91. The van der Waals surface area contributed by atoms with Crippen molar-refractivity contribution in [2.75, 3.05) is 13.2 Å². The first-order chi connectivity index (χ1) is 11.0. The van der Waals surface area contributed by atoms with Gasteiger partial charge in [0.2, 0.25) is 5.91 Å². The summed E-state index contributed by atoms with van der Waals surface area (Å²) in [6.45, 7) is 4.85. The van der Waals surface area contributed by atoms with Crippen LogP contribution in [-0.2, 0) is 4.79 Å². The van der Waals surface area contributed by atoms with Crippen LogP contribution in [0.3, 0.4) is 0 Å². The van der Waals surface area contributed by atoms with E-state index in [0.29, 0.717) is 18.2 Å². The van der Waals surface area contributed by atoms with Gasteiger partial charge in [-0.3, -0.25) is 4.79 Å². The number of rotatable bonds is 7. The molecule has 0 saturated heterocycles. The molecule has 0 heterocycles. The van der Waals surface area contributed by atoms with Crippen LogP contribution in [0.2, 0.25) is 5.02 Å². The fraction of sp³-hybridized carbons (Fsp3) is 0.278. The Morgan fingerprint density at radius 2 is 1.83 bits per heavy atom. The molecule has 3 nitrogen and oxygen atoms in total. The smallest absolute Gasteiger partial charge is 0.233 e. The van der Waals surface area contributed by atoms with E-state index in [4.69, 9.17) is 16.3 Å². The Bertz CT molecular complexity index is 628. The van der Waals surface area contributed by atoms with E-state index < -0.39 is 0 Å². The third-order valence-corrected chi connectivity index (χ3v) is 4.55. The molecular formula is C18H20ClNO2S. The lowest BCUT2D eigenvalue weighted by atomic mass is 10.2. The van der Waals surface area contributed by atoms with Crippen molar-refractivity contribution in [3.05, 3.63) is 59.1 Å². The Morgan fingerprint density at radius 3 is 2.48 bits per heavy atom. The topological polar surface area (TPSA) is 38.3 Å². The van der Waals surface area contributed by atoms with E-state index in [1.165, 1.54) is 17.3 Å². The number of aryl methyl sites for hydroxylation is 1. The third kappa shape index (κ3) is 6.16. The van der Waals surface area contributed by atoms with Gasteiger partial charge in [0.05, 0.1) is 11.8 Å². The lowest BCUT2D eigenvalue weighted by Gasteiger charge is -2.12. The fourth-order valence-electron chi connectivity index (χ4n) is 1.89. The normalized spacial score (nSPS) is 11.8. The molecule has 2 aromatic carbocycles. The van der Waals surface area contributed by atoms with Gasteiger partial charge >= 0.3 is 0 Å². The lowest BCUT2D eigenvalue weighted by molar-refractivity contribution is -0.120. The quantitative estimate of drug-likeness (QED) is 0.597. The number of halogens is 1. The van der Waals surface area contributed by atoms with Crippen molar-refractivity contribution in [3.63, 3.8) is 0 Å². The summed E-state index contributed by atoms with van der Waals surface area (Å²) in [6.07, 6.45) is 0. The maximum absolute atomic E-state index is 12.1. The van der Waals surface area contributed by atoms with Gasteiger partial charge in [0.25, 0.3) is 0 Å². The first-order valence-electron chi connectivity index (χ1n) is 7.44. The first kappa shape index (κ1) is 17.7. The van der Waals surface area contributed by atoms with Crippen LogP contribution >= 0.6 is 23.4 Å². The monoisotopic (exact) mass is 349 g/mol. The molecule has 0 spiro atoms. The van der Waals surface area contributed by atoms with Gasteiger partial charge in [-0.05, 0) is 50.2 Å². The maximum atomic E-state index is 12.1. The van der Waals surface area contributed by atoms with Crippen molar-refractivity contribution >= 4 is 29.3 Å². The molecule has 0 aromatic heterocycles. The van der Waals surface area contributed by atoms with Gasteiger partial charge in [-0.15, -0.1) is 11.8 Å². The first-order valence-corrected chi connectivity index (χ1v) is 8.70. The molecule has 2 rings (SSSR count). The molecule has 1 unspecified atom stereocenters. The van der Waals surface area contributed by atoms with Crippen LogP contribution in [0.25, 0.3) is 0 Å². The highest BCUT2D eigenvalue weighted by Gasteiger charge is 2.13. The number of hydrogen-bond acceptors (Lipinski definition) is 3. The Kier molecular flexibility index (Phi) is 6.81. The molecule has 1 atom stereocenters. The second kappa shape index (κ2) is 8.85. The highest BCUT2D eigenvalue weighted by molar-refractivity contribution is 8.00. The van der Waals surface area contributed by atoms with E-state index in [0.717, 1.165) is 10.6 Å². The molecule has 0 saturated carbocycles. The minimum Gasteiger partial charge on any atom is -0.492 e. The van der Waals surface area contributed by atoms with E-state index in [1.54, 1.807) is 0 Å². The summed E-state index contributed by atoms with van der Waals surface area (Å²) in [5.74, 6) is 0.811. The van der Waals surface area contributed by atoms with E-state index in [-0.39, 0.29) is 11.2 Å². The number of nitrogens with one attached hydrogen (secondary N) is 1. The van der Waals surface area contributed by atoms with Gasteiger partial charge in [-0.2, -0.15) is 0 Å². The SMILES string of the molecule is Cc1ccc(OCCNC(=O)C(C)Sc2ccc(Cl)cc2)cc1. The standard InChI is InChI=1S/C18H20ClNO2S/c1-13-3-7-16(8-4-13)22-12-11-20-18(21)14(2)23-17-9-5-15(19)6-10-17/h3-10,14H,11-12H2,1-2H3,(H,20,21). The second-order valence-corrected chi connectivity index (χ2v) is 7.02. The third-order valence-electron chi connectivity index (χ3n) is 3.19. The zero-order chi connectivity index (χ0) is 16.7. The number of carbonyl (C=O) groups is 1. The summed E-state index contributed by atoms with van der Waals surface area (Å²) in [5, 5.41) is 3.41. The summed E-state index contributed by atoms with van der Waals surface area (Å²) >= 11 is 7.36. The van der Waals surface area contributed by atoms with Crippen molar-refractivity contribution in [3.8, 4) is 5.75 Å². The minimum atomic E-state index is -0.171. The molecule has 0 fully saturated rings. The van der Waals surface area contributed by atoms with Gasteiger partial charge in [0.1, 0.15) is 12.4 Å². The number of thioether (sulfide) groups is 1. The highest BCUT2D eigenvalue weighted by atomic mass is 35.5. The van der Waals surface area contributed by atoms with Crippen LogP contribution in [-0.4, -0.2) is 24.3 Å². The average molecular weight is 350 g/mol. The van der Waals surface area contributed by atoms with Gasteiger partial charge in [0, 0.05) is 9.92 Å². The van der Waals surface area contributed by atoms with E-state index >= 15 is 0 Å². The summed E-state index contributed by atoms with van der Waals surface area (Å²) in [4.78, 5) is 13.1. The molecule has 2 aromatic rings. The minimum absolute atomic E-state index is 0.00236. The predicted octanol–water partition coefficient (Wildman–Crippen LogP) is 4.32. The largest absolute Gasteiger partial charge is 0.492 e. The van der Waals surface area contributed by atoms with Gasteiger partial charge in [-0.1, -0.05) is 29.3 Å². The van der Waals surface area contributed by atoms with E-state index in [2.05, 4.69) is 5.32 Å². The summed E-state index contributed by atoms with van der Waals surface area (Å²) in [6, 6.07) is 15.3. The second-order valence-electron chi connectivity index (χ2n) is 5.17. The molecule has 0 aliphatic rings. The number of hydrogen-bond donors (Lipinski definition) is 1. The van der Waals surface area contributed by atoms with Crippen LogP contribution in [0.5, 0.6) is 5.75 Å². The van der Waals surface area contributed by atoms with Crippen molar-refractivity contribution in [1.82, 2.24) is 5.32 Å². The summed E-state index contributed by atoms with van der Waals surface area (Å²) in [7, 11) is 0. The van der Waals surface area contributed by atoms with E-state index in [9.17, 15) is 4.79 Å². The van der Waals surface area contributed by atoms with Crippen LogP contribution in [0.1, 0.15) is 12.5 Å². The molecule has 1 N–H and O–H groups in total. The molecule has 122 valence electrons. The highest BCUT2D eigenvalue weighted by Crippen LogP contribution is 2.24. The number of amides is 1. The zero-order valence-electron chi connectivity index (χ0n) is 13.2. The molecule has 23 heavy (non-hydrogen) atoms. The van der Waals surface area contributed by atoms with Crippen LogP contribution in [0, 0.1) is 6.92 Å². The van der Waals surface area contributed by atoms with E-state index in [1.807, 2.05) is 62.4 Å². The molecule has 0 aliphatic heterocycles. The molecule has 0 radical (unpaired) electrons. The average Bonchev–Trinajstić information content (AvgIpc) is 2.55.